The van der Waals surface area contributed by atoms with Crippen molar-refractivity contribution in [3.8, 4) is 22.8 Å². The summed E-state index contributed by atoms with van der Waals surface area (Å²) in [6.45, 7) is 8.24. The first-order chi connectivity index (χ1) is 19.0. The number of Topliss-reactive ketones (excluding diaryl/α,β-unsaturated/α-hetero) is 1. The minimum absolute atomic E-state index is 0.177. The molecule has 0 radical (unpaired) electrons. The van der Waals surface area contributed by atoms with Crippen molar-refractivity contribution in [2.45, 2.75) is 51.7 Å². The summed E-state index contributed by atoms with van der Waals surface area (Å²) < 4.78 is 40.9. The van der Waals surface area contributed by atoms with Crippen LogP contribution < -0.4 is 4.74 Å². The molecule has 3 aromatic heterocycles. The Balaban J connectivity index is 1.81. The fourth-order valence-corrected chi connectivity index (χ4v) is 5.66. The van der Waals surface area contributed by atoms with Crippen molar-refractivity contribution in [1.29, 1.82) is 0 Å². The highest BCUT2D eigenvalue weighted by Gasteiger charge is 2.36. The molecule has 2 atom stereocenters. The first kappa shape index (κ1) is 29.0. The third kappa shape index (κ3) is 6.23. The predicted octanol–water partition coefficient (Wildman–Crippen LogP) is 3.70. The Kier molecular flexibility index (Phi) is 8.70. The van der Waals surface area contributed by atoms with Crippen LogP contribution in [0.15, 0.2) is 49.1 Å². The quantitative estimate of drug-likeness (QED) is 0.265. The summed E-state index contributed by atoms with van der Waals surface area (Å²) in [4.78, 5) is 24.5. The molecule has 12 heteroatoms. The summed E-state index contributed by atoms with van der Waals surface area (Å²) >= 11 is 0. The summed E-state index contributed by atoms with van der Waals surface area (Å²) in [7, 11) is -2.41. The van der Waals surface area contributed by atoms with Gasteiger partial charge < -0.3 is 9.47 Å². The molecular formula is C28H32N6O5S. The van der Waals surface area contributed by atoms with Gasteiger partial charge in [-0.05, 0) is 63.4 Å². The van der Waals surface area contributed by atoms with E-state index in [1.165, 1.54) is 13.8 Å². The van der Waals surface area contributed by atoms with E-state index in [0.717, 1.165) is 16.7 Å². The van der Waals surface area contributed by atoms with Crippen LogP contribution in [0.2, 0.25) is 0 Å². The number of aryl methyl sites for hydroxylation is 3. The number of sulfone groups is 1. The van der Waals surface area contributed by atoms with Gasteiger partial charge in [-0.25, -0.2) is 18.4 Å². The van der Waals surface area contributed by atoms with Gasteiger partial charge in [-0.15, -0.1) is 10.2 Å². The van der Waals surface area contributed by atoms with Gasteiger partial charge >= 0.3 is 0 Å². The van der Waals surface area contributed by atoms with E-state index in [9.17, 15) is 13.2 Å². The lowest BCUT2D eigenvalue weighted by Crippen LogP contribution is -2.31. The molecule has 0 fully saturated rings. The molecule has 210 valence electrons. The SMILES string of the molecule is COc1cccc(C)c1-n1c(CS(=O)(=O)[C@H](C)[C@@H](OCC(C)=O)c2ncc(C)cn2)nnc1-c1cncc(C)c1. The van der Waals surface area contributed by atoms with Crippen LogP contribution in [-0.4, -0.2) is 62.9 Å². The number of carbonyl (C=O) groups excluding carboxylic acids is 1. The first-order valence-corrected chi connectivity index (χ1v) is 14.3. The molecule has 0 unspecified atom stereocenters. The molecule has 0 saturated heterocycles. The van der Waals surface area contributed by atoms with Crippen LogP contribution in [0.25, 0.3) is 17.1 Å². The predicted molar refractivity (Wildman–Crippen MR) is 149 cm³/mol. The van der Waals surface area contributed by atoms with E-state index in [1.807, 2.05) is 39.0 Å². The normalized spacial score (nSPS) is 13.2. The Labute approximate surface area is 233 Å². The van der Waals surface area contributed by atoms with Crippen molar-refractivity contribution in [2.75, 3.05) is 13.7 Å². The second-order valence-electron chi connectivity index (χ2n) is 9.72. The molecule has 4 aromatic rings. The maximum absolute atomic E-state index is 13.9. The molecule has 0 bridgehead atoms. The van der Waals surface area contributed by atoms with Crippen LogP contribution in [0.5, 0.6) is 5.75 Å². The molecule has 0 saturated carbocycles. The number of nitrogens with zero attached hydrogens (tertiary/aromatic N) is 6. The molecule has 3 heterocycles. The van der Waals surface area contributed by atoms with E-state index in [1.54, 1.807) is 42.5 Å². The van der Waals surface area contributed by atoms with Gasteiger partial charge in [0.15, 0.2) is 33.1 Å². The van der Waals surface area contributed by atoms with Crippen molar-refractivity contribution >= 4 is 15.6 Å². The number of hydrogen-bond donors (Lipinski definition) is 0. The van der Waals surface area contributed by atoms with Gasteiger partial charge in [-0.1, -0.05) is 12.1 Å². The number of methoxy groups -OCH3 is 1. The first-order valence-electron chi connectivity index (χ1n) is 12.6. The molecule has 1 aromatic carbocycles. The smallest absolute Gasteiger partial charge is 0.170 e. The zero-order valence-electron chi connectivity index (χ0n) is 23.3. The Morgan fingerprint density at radius 3 is 2.40 bits per heavy atom. The van der Waals surface area contributed by atoms with Gasteiger partial charge in [-0.3, -0.25) is 14.3 Å². The molecule has 0 amide bonds. The van der Waals surface area contributed by atoms with E-state index >= 15 is 0 Å². The summed E-state index contributed by atoms with van der Waals surface area (Å²) in [6, 6.07) is 7.45. The summed E-state index contributed by atoms with van der Waals surface area (Å²) in [5.74, 6) is 0.605. The Bertz CT molecular complexity index is 1620. The Morgan fingerprint density at radius 1 is 1.02 bits per heavy atom. The lowest BCUT2D eigenvalue weighted by Gasteiger charge is -2.23. The molecule has 4 rings (SSSR count). The van der Waals surface area contributed by atoms with Gasteiger partial charge in [0.1, 0.15) is 24.2 Å². The number of carbonyl (C=O) groups is 1. The number of para-hydroxylation sites is 1. The lowest BCUT2D eigenvalue weighted by atomic mass is 10.1. The number of hydrogen-bond acceptors (Lipinski definition) is 10. The highest BCUT2D eigenvalue weighted by molar-refractivity contribution is 7.91. The van der Waals surface area contributed by atoms with Gasteiger partial charge in [-0.2, -0.15) is 0 Å². The standard InChI is InChI=1S/C28H32N6O5S/c1-17-10-22(14-29-11-17)28-33-32-24(34(28)25-19(3)8-7-9-23(25)38-6)16-40(36,37)21(5)26(39-15-20(4)35)27-30-12-18(2)13-31-27/h7-14,21,26H,15-16H2,1-6H3/t21-,26-/m1/s1. The second kappa shape index (κ2) is 12.0. The van der Waals surface area contributed by atoms with E-state index in [0.29, 0.717) is 22.8 Å². The molecule has 0 aliphatic heterocycles. The maximum atomic E-state index is 13.9. The van der Waals surface area contributed by atoms with Crippen LogP contribution >= 0.6 is 0 Å². The molecule has 0 spiro atoms. The molecule has 0 aliphatic carbocycles. The molecule has 40 heavy (non-hydrogen) atoms. The monoisotopic (exact) mass is 564 g/mol. The number of rotatable bonds is 11. The zero-order chi connectivity index (χ0) is 29.0. The third-order valence-corrected chi connectivity index (χ3v) is 8.39. The van der Waals surface area contributed by atoms with Crippen LogP contribution in [0.4, 0.5) is 0 Å². The molecular weight excluding hydrogens is 532 g/mol. The molecule has 11 nitrogen and oxygen atoms in total. The average Bonchev–Trinajstić information content (AvgIpc) is 3.31. The van der Waals surface area contributed by atoms with Crippen LogP contribution in [0, 0.1) is 20.8 Å². The number of ketones is 1. The van der Waals surface area contributed by atoms with Gasteiger partial charge in [0.2, 0.25) is 0 Å². The largest absolute Gasteiger partial charge is 0.495 e. The highest BCUT2D eigenvalue weighted by atomic mass is 32.2. The van der Waals surface area contributed by atoms with Crippen LogP contribution in [0.3, 0.4) is 0 Å². The number of aromatic nitrogens is 6. The summed E-state index contributed by atoms with van der Waals surface area (Å²) in [5.41, 5.74) is 3.85. The minimum Gasteiger partial charge on any atom is -0.495 e. The Morgan fingerprint density at radius 2 is 1.75 bits per heavy atom. The lowest BCUT2D eigenvalue weighted by molar-refractivity contribution is -0.123. The van der Waals surface area contributed by atoms with Gasteiger partial charge in [0, 0.05) is 30.4 Å². The number of ether oxygens (including phenoxy) is 2. The van der Waals surface area contributed by atoms with E-state index in [2.05, 4.69) is 25.1 Å². The fraction of sp³-hybridized carbons (Fsp3) is 0.357. The fourth-order valence-electron chi connectivity index (χ4n) is 4.27. The van der Waals surface area contributed by atoms with E-state index < -0.39 is 26.9 Å². The van der Waals surface area contributed by atoms with Crippen LogP contribution in [0.1, 0.15) is 48.3 Å². The Hall–Kier alpha value is -4.03. The maximum Gasteiger partial charge on any atom is 0.170 e. The summed E-state index contributed by atoms with van der Waals surface area (Å²) in [6.07, 6.45) is 5.46. The molecule has 0 N–H and O–H groups in total. The highest BCUT2D eigenvalue weighted by Crippen LogP contribution is 2.33. The minimum atomic E-state index is -3.95. The van der Waals surface area contributed by atoms with E-state index in [-0.39, 0.29) is 24.0 Å². The van der Waals surface area contributed by atoms with Crippen molar-refractivity contribution in [2.24, 2.45) is 0 Å². The average molecular weight is 565 g/mol. The topological polar surface area (TPSA) is 139 Å². The zero-order valence-corrected chi connectivity index (χ0v) is 24.1. The number of pyridine rings is 1. The van der Waals surface area contributed by atoms with Crippen LogP contribution in [-0.2, 0) is 25.1 Å². The molecule has 0 aliphatic rings. The van der Waals surface area contributed by atoms with Crippen molar-refractivity contribution in [3.05, 3.63) is 77.4 Å². The number of benzene rings is 1. The summed E-state index contributed by atoms with van der Waals surface area (Å²) in [5, 5.41) is 7.60. The van der Waals surface area contributed by atoms with Crippen molar-refractivity contribution in [1.82, 2.24) is 29.7 Å². The van der Waals surface area contributed by atoms with E-state index in [4.69, 9.17) is 9.47 Å². The van der Waals surface area contributed by atoms with Gasteiger partial charge in [0.25, 0.3) is 0 Å². The third-order valence-electron chi connectivity index (χ3n) is 6.35. The van der Waals surface area contributed by atoms with Gasteiger partial charge in [0.05, 0.1) is 18.0 Å². The second-order valence-corrected chi connectivity index (χ2v) is 12.1. The van der Waals surface area contributed by atoms with Crippen molar-refractivity contribution in [3.63, 3.8) is 0 Å². The van der Waals surface area contributed by atoms with Crippen molar-refractivity contribution < 1.29 is 22.7 Å².